The normalized spacial score (nSPS) is 20.6. The zero-order valence-electron chi connectivity index (χ0n) is 15.0. The largest absolute Gasteiger partial charge is 0.481 e. The summed E-state index contributed by atoms with van der Waals surface area (Å²) in [7, 11) is 0. The van der Waals surface area contributed by atoms with Crippen molar-refractivity contribution in [2.24, 2.45) is 5.92 Å². The number of likely N-dealkylation sites (tertiary alicyclic amines) is 1. The second kappa shape index (κ2) is 9.30. The first-order chi connectivity index (χ1) is 12.7. The van der Waals surface area contributed by atoms with Crippen LogP contribution in [0.3, 0.4) is 0 Å². The van der Waals surface area contributed by atoms with E-state index in [2.05, 4.69) is 52.4 Å². The van der Waals surface area contributed by atoms with Crippen molar-refractivity contribution in [3.8, 4) is 0 Å². The molecule has 2 heterocycles. The molecule has 0 amide bonds. The van der Waals surface area contributed by atoms with Gasteiger partial charge >= 0.3 is 5.97 Å². The molecule has 2 unspecified atom stereocenters. The summed E-state index contributed by atoms with van der Waals surface area (Å²) < 4.78 is 0. The molecule has 2 atom stereocenters. The monoisotopic (exact) mass is 350 g/mol. The molecule has 0 bridgehead atoms. The van der Waals surface area contributed by atoms with Gasteiger partial charge in [0, 0.05) is 31.4 Å². The van der Waals surface area contributed by atoms with Crippen molar-refractivity contribution in [1.82, 2.24) is 9.88 Å². The van der Waals surface area contributed by atoms with Crippen LogP contribution in [-0.2, 0) is 11.3 Å². The number of pyridine rings is 1. The van der Waals surface area contributed by atoms with E-state index in [0.29, 0.717) is 18.4 Å². The summed E-state index contributed by atoms with van der Waals surface area (Å²) in [5.74, 6) is -0.185. The molecule has 1 aliphatic heterocycles. The van der Waals surface area contributed by atoms with Gasteiger partial charge in [0.25, 0.3) is 0 Å². The molecule has 2 aromatic rings. The lowest BCUT2D eigenvalue weighted by molar-refractivity contribution is -0.136. The van der Waals surface area contributed by atoms with Gasteiger partial charge in [0.1, 0.15) is 0 Å². The van der Waals surface area contributed by atoms with E-state index in [1.807, 2.05) is 24.5 Å². The minimum absolute atomic E-state index is 0.205. The van der Waals surface area contributed by atoms with Crippen molar-refractivity contribution in [1.29, 1.82) is 0 Å². The molecule has 0 aliphatic carbocycles. The number of hydrogen-bond donors (Lipinski definition) is 1. The third kappa shape index (κ3) is 5.02. The fraction of sp³-hybridized carbons (Fsp3) is 0.364. The zero-order valence-corrected chi connectivity index (χ0v) is 15.0. The Bertz CT molecular complexity index is 715. The predicted octanol–water partition coefficient (Wildman–Crippen LogP) is 4.46. The molecule has 1 N–H and O–H groups in total. The van der Waals surface area contributed by atoms with Crippen molar-refractivity contribution in [2.45, 2.75) is 38.3 Å². The maximum Gasteiger partial charge on any atom is 0.303 e. The van der Waals surface area contributed by atoms with E-state index in [-0.39, 0.29) is 6.42 Å². The quantitative estimate of drug-likeness (QED) is 0.714. The lowest BCUT2D eigenvalue weighted by atomic mass is 9.90. The Hall–Kier alpha value is -2.46. The van der Waals surface area contributed by atoms with Gasteiger partial charge in [-0.2, -0.15) is 0 Å². The smallest absolute Gasteiger partial charge is 0.303 e. The highest BCUT2D eigenvalue weighted by atomic mass is 16.4. The van der Waals surface area contributed by atoms with E-state index < -0.39 is 5.97 Å². The molecule has 0 radical (unpaired) electrons. The van der Waals surface area contributed by atoms with Crippen molar-refractivity contribution in [2.75, 3.05) is 6.54 Å². The molecule has 1 saturated heterocycles. The molecule has 0 saturated carbocycles. The van der Waals surface area contributed by atoms with Gasteiger partial charge in [0.2, 0.25) is 0 Å². The van der Waals surface area contributed by atoms with Crippen LogP contribution < -0.4 is 0 Å². The molecule has 1 fully saturated rings. The summed E-state index contributed by atoms with van der Waals surface area (Å²) in [6.07, 6.45) is 10.9. The number of hydrogen-bond acceptors (Lipinski definition) is 3. The van der Waals surface area contributed by atoms with Crippen molar-refractivity contribution in [3.63, 3.8) is 0 Å². The Morgan fingerprint density at radius 2 is 2.04 bits per heavy atom. The first-order valence-corrected chi connectivity index (χ1v) is 9.28. The molecular formula is C22H26N2O2. The van der Waals surface area contributed by atoms with Gasteiger partial charge < -0.3 is 5.11 Å². The van der Waals surface area contributed by atoms with Crippen LogP contribution in [0.5, 0.6) is 0 Å². The van der Waals surface area contributed by atoms with Gasteiger partial charge in [0.15, 0.2) is 0 Å². The second-order valence-corrected chi connectivity index (χ2v) is 6.88. The van der Waals surface area contributed by atoms with Crippen molar-refractivity contribution >= 4 is 5.97 Å². The molecule has 136 valence electrons. The predicted molar refractivity (Wildman–Crippen MR) is 103 cm³/mol. The van der Waals surface area contributed by atoms with E-state index >= 15 is 0 Å². The standard InChI is InChI=1S/C22H26N2O2/c25-21(26)12-6-2-5-11-20-13-15-24(17-18-8-7-14-23-16-18)22(20)19-9-3-1-4-10-19/h1-5,7-10,14,16,20,22H,6,11-13,15,17H2,(H,25,26)/b5-2-. The molecule has 3 rings (SSSR count). The number of nitrogens with zero attached hydrogens (tertiary/aromatic N) is 2. The molecule has 4 heteroatoms. The third-order valence-electron chi connectivity index (χ3n) is 5.01. The summed E-state index contributed by atoms with van der Waals surface area (Å²) in [6.45, 7) is 1.98. The van der Waals surface area contributed by atoms with Crippen LogP contribution in [0.4, 0.5) is 0 Å². The third-order valence-corrected chi connectivity index (χ3v) is 5.01. The van der Waals surface area contributed by atoms with Gasteiger partial charge in [-0.15, -0.1) is 0 Å². The summed E-state index contributed by atoms with van der Waals surface area (Å²) in [6, 6.07) is 15.2. The van der Waals surface area contributed by atoms with Gasteiger partial charge in [0.05, 0.1) is 0 Å². The van der Waals surface area contributed by atoms with Crippen molar-refractivity contribution in [3.05, 3.63) is 78.1 Å². The van der Waals surface area contributed by atoms with Gasteiger partial charge in [-0.05, 0) is 48.9 Å². The number of benzene rings is 1. The number of carboxylic acids is 1. The fourth-order valence-electron chi connectivity index (χ4n) is 3.81. The Balaban J connectivity index is 1.69. The molecule has 1 aromatic carbocycles. The van der Waals surface area contributed by atoms with Crippen LogP contribution >= 0.6 is 0 Å². The number of aromatic nitrogens is 1. The van der Waals surface area contributed by atoms with Crippen LogP contribution in [0.1, 0.15) is 42.9 Å². The second-order valence-electron chi connectivity index (χ2n) is 6.88. The highest BCUT2D eigenvalue weighted by Crippen LogP contribution is 2.40. The molecule has 1 aliphatic rings. The summed E-state index contributed by atoms with van der Waals surface area (Å²) in [5.41, 5.74) is 2.60. The Kier molecular flexibility index (Phi) is 6.56. The lowest BCUT2D eigenvalue weighted by Crippen LogP contribution is -2.25. The zero-order chi connectivity index (χ0) is 18.2. The minimum Gasteiger partial charge on any atom is -0.481 e. The maximum atomic E-state index is 10.6. The Morgan fingerprint density at radius 1 is 1.19 bits per heavy atom. The van der Waals surface area contributed by atoms with Crippen LogP contribution in [0, 0.1) is 5.92 Å². The Labute approximate surface area is 155 Å². The average Bonchev–Trinajstić information content (AvgIpc) is 3.05. The van der Waals surface area contributed by atoms with Gasteiger partial charge in [-0.1, -0.05) is 48.6 Å². The van der Waals surface area contributed by atoms with Gasteiger partial charge in [-0.25, -0.2) is 0 Å². The highest BCUT2D eigenvalue weighted by Gasteiger charge is 2.34. The average molecular weight is 350 g/mol. The maximum absolute atomic E-state index is 10.6. The number of aliphatic carboxylic acids is 1. The summed E-state index contributed by atoms with van der Waals surface area (Å²) >= 11 is 0. The van der Waals surface area contributed by atoms with E-state index in [0.717, 1.165) is 25.9 Å². The Morgan fingerprint density at radius 3 is 2.77 bits per heavy atom. The lowest BCUT2D eigenvalue weighted by Gasteiger charge is -2.28. The molecule has 1 aromatic heterocycles. The highest BCUT2D eigenvalue weighted by molar-refractivity contribution is 5.66. The number of allylic oxidation sites excluding steroid dienone is 2. The van der Waals surface area contributed by atoms with Crippen LogP contribution in [-0.4, -0.2) is 27.5 Å². The molecule has 0 spiro atoms. The number of carbonyl (C=O) groups is 1. The topological polar surface area (TPSA) is 53.4 Å². The number of rotatable bonds is 8. The van der Waals surface area contributed by atoms with Crippen LogP contribution in [0.2, 0.25) is 0 Å². The summed E-state index contributed by atoms with van der Waals surface area (Å²) in [5, 5.41) is 8.74. The number of carboxylic acid groups (broad SMARTS) is 1. The first kappa shape index (κ1) is 18.3. The van der Waals surface area contributed by atoms with Gasteiger partial charge in [-0.3, -0.25) is 14.7 Å². The van der Waals surface area contributed by atoms with Crippen LogP contribution in [0.25, 0.3) is 0 Å². The van der Waals surface area contributed by atoms with E-state index in [1.165, 1.54) is 11.1 Å². The van der Waals surface area contributed by atoms with Crippen molar-refractivity contribution < 1.29 is 9.90 Å². The van der Waals surface area contributed by atoms with E-state index in [4.69, 9.17) is 5.11 Å². The minimum atomic E-state index is -0.736. The first-order valence-electron chi connectivity index (χ1n) is 9.28. The fourth-order valence-corrected chi connectivity index (χ4v) is 3.81. The molecule has 4 nitrogen and oxygen atoms in total. The van der Waals surface area contributed by atoms with E-state index in [9.17, 15) is 4.79 Å². The van der Waals surface area contributed by atoms with E-state index in [1.54, 1.807) is 0 Å². The summed E-state index contributed by atoms with van der Waals surface area (Å²) in [4.78, 5) is 17.4. The molecular weight excluding hydrogens is 324 g/mol. The van der Waals surface area contributed by atoms with Crippen LogP contribution in [0.15, 0.2) is 67.0 Å². The molecule has 26 heavy (non-hydrogen) atoms. The SMILES string of the molecule is O=C(O)CC/C=C\CC1CCN(Cc2cccnc2)C1c1ccccc1.